The Hall–Kier alpha value is -1.84. The first-order valence-electron chi connectivity index (χ1n) is 6.85. The van der Waals surface area contributed by atoms with Gasteiger partial charge in [0.05, 0.1) is 6.04 Å². The molecule has 1 amide bonds. The molecule has 0 aromatic heterocycles. The van der Waals surface area contributed by atoms with Crippen molar-refractivity contribution < 1.29 is 14.7 Å². The van der Waals surface area contributed by atoms with Crippen molar-refractivity contribution in [3.63, 3.8) is 0 Å². The Morgan fingerprint density at radius 3 is 2.15 bits per heavy atom. The molecule has 0 saturated heterocycles. The summed E-state index contributed by atoms with van der Waals surface area (Å²) < 4.78 is 0. The zero-order valence-corrected chi connectivity index (χ0v) is 12.5. The lowest BCUT2D eigenvalue weighted by atomic mass is 9.80. The molecule has 0 aliphatic carbocycles. The number of hydrogen-bond acceptors (Lipinski definition) is 2. The van der Waals surface area contributed by atoms with Gasteiger partial charge in [-0.25, -0.2) is 0 Å². The van der Waals surface area contributed by atoms with Gasteiger partial charge in [-0.05, 0) is 17.4 Å². The highest BCUT2D eigenvalue weighted by molar-refractivity contribution is 5.97. The molecule has 2 atom stereocenters. The van der Waals surface area contributed by atoms with E-state index in [1.807, 2.05) is 37.3 Å². The van der Waals surface area contributed by atoms with Crippen molar-refractivity contribution >= 4 is 11.9 Å². The number of carbonyl (C=O) groups excluding carboxylic acids is 1. The van der Waals surface area contributed by atoms with Crippen molar-refractivity contribution in [3.8, 4) is 0 Å². The van der Waals surface area contributed by atoms with E-state index in [9.17, 15) is 14.7 Å². The van der Waals surface area contributed by atoms with Crippen molar-refractivity contribution in [2.75, 3.05) is 0 Å². The van der Waals surface area contributed by atoms with Crippen LogP contribution in [-0.4, -0.2) is 17.0 Å². The summed E-state index contributed by atoms with van der Waals surface area (Å²) in [6.45, 7) is 7.24. The first-order chi connectivity index (χ1) is 9.27. The van der Waals surface area contributed by atoms with Gasteiger partial charge < -0.3 is 10.4 Å². The van der Waals surface area contributed by atoms with Crippen LogP contribution in [0.2, 0.25) is 0 Å². The quantitative estimate of drug-likeness (QED) is 0.813. The summed E-state index contributed by atoms with van der Waals surface area (Å²) in [5.41, 5.74) is 0.367. The third kappa shape index (κ3) is 4.08. The SMILES string of the molecule is CCC(NC(=O)C(C(=O)O)C(C)(C)C)c1ccccc1. The van der Waals surface area contributed by atoms with Gasteiger partial charge in [0.25, 0.3) is 0 Å². The smallest absolute Gasteiger partial charge is 0.316 e. The molecule has 0 aliphatic rings. The van der Waals surface area contributed by atoms with Crippen LogP contribution in [0.4, 0.5) is 0 Å². The summed E-state index contributed by atoms with van der Waals surface area (Å²) in [5.74, 6) is -2.57. The lowest BCUT2D eigenvalue weighted by Gasteiger charge is -2.28. The van der Waals surface area contributed by atoms with Gasteiger partial charge in [-0.15, -0.1) is 0 Å². The summed E-state index contributed by atoms with van der Waals surface area (Å²) in [5, 5.41) is 12.1. The zero-order valence-electron chi connectivity index (χ0n) is 12.5. The molecule has 2 N–H and O–H groups in total. The van der Waals surface area contributed by atoms with Crippen LogP contribution in [0.3, 0.4) is 0 Å². The molecule has 0 fully saturated rings. The van der Waals surface area contributed by atoms with Gasteiger partial charge in [-0.3, -0.25) is 9.59 Å². The van der Waals surface area contributed by atoms with Crippen LogP contribution < -0.4 is 5.32 Å². The Balaban J connectivity index is 2.89. The van der Waals surface area contributed by atoms with Gasteiger partial charge in [0.2, 0.25) is 5.91 Å². The predicted molar refractivity (Wildman–Crippen MR) is 78.2 cm³/mol. The largest absolute Gasteiger partial charge is 0.481 e. The maximum absolute atomic E-state index is 12.3. The second kappa shape index (κ2) is 6.55. The summed E-state index contributed by atoms with van der Waals surface area (Å²) in [4.78, 5) is 23.6. The first-order valence-corrected chi connectivity index (χ1v) is 6.85. The predicted octanol–water partition coefficient (Wildman–Crippen LogP) is 3.00. The summed E-state index contributed by atoms with van der Waals surface area (Å²) >= 11 is 0. The molecule has 4 nitrogen and oxygen atoms in total. The van der Waals surface area contributed by atoms with Crippen molar-refractivity contribution in [2.24, 2.45) is 11.3 Å². The third-order valence-electron chi connectivity index (χ3n) is 3.30. The molecule has 0 bridgehead atoms. The Kier molecular flexibility index (Phi) is 5.31. The van der Waals surface area contributed by atoms with Crippen LogP contribution in [0, 0.1) is 11.3 Å². The summed E-state index contributed by atoms with van der Waals surface area (Å²) in [6.07, 6.45) is 0.715. The number of hydrogen-bond donors (Lipinski definition) is 2. The molecule has 20 heavy (non-hydrogen) atoms. The molecule has 4 heteroatoms. The van der Waals surface area contributed by atoms with Crippen LogP contribution in [-0.2, 0) is 9.59 Å². The number of carboxylic acid groups (broad SMARTS) is 1. The van der Waals surface area contributed by atoms with E-state index in [-0.39, 0.29) is 6.04 Å². The number of carbonyl (C=O) groups is 2. The number of nitrogens with one attached hydrogen (secondary N) is 1. The van der Waals surface area contributed by atoms with Crippen molar-refractivity contribution in [2.45, 2.75) is 40.2 Å². The van der Waals surface area contributed by atoms with Gasteiger partial charge in [0.15, 0.2) is 0 Å². The van der Waals surface area contributed by atoms with Gasteiger partial charge in [-0.1, -0.05) is 58.0 Å². The van der Waals surface area contributed by atoms with Gasteiger partial charge >= 0.3 is 5.97 Å². The number of aliphatic carboxylic acids is 1. The van der Waals surface area contributed by atoms with E-state index < -0.39 is 23.2 Å². The fourth-order valence-electron chi connectivity index (χ4n) is 2.24. The molecule has 0 heterocycles. The van der Waals surface area contributed by atoms with Crippen LogP contribution in [0.1, 0.15) is 45.7 Å². The molecular formula is C16H23NO3. The topological polar surface area (TPSA) is 66.4 Å². The highest BCUT2D eigenvalue weighted by atomic mass is 16.4. The van der Waals surface area contributed by atoms with E-state index >= 15 is 0 Å². The molecule has 1 rings (SSSR count). The van der Waals surface area contributed by atoms with E-state index in [4.69, 9.17) is 0 Å². The Bertz CT molecular complexity index is 462. The van der Waals surface area contributed by atoms with E-state index in [0.717, 1.165) is 5.56 Å². The van der Waals surface area contributed by atoms with Gasteiger partial charge in [-0.2, -0.15) is 0 Å². The van der Waals surface area contributed by atoms with Crippen molar-refractivity contribution in [1.29, 1.82) is 0 Å². The molecule has 2 unspecified atom stereocenters. The number of amides is 1. The minimum absolute atomic E-state index is 0.159. The van der Waals surface area contributed by atoms with E-state index in [2.05, 4.69) is 5.32 Å². The normalized spacial score (nSPS) is 14.4. The molecule has 0 spiro atoms. The van der Waals surface area contributed by atoms with Gasteiger partial charge in [0.1, 0.15) is 5.92 Å². The van der Waals surface area contributed by atoms with Crippen LogP contribution in [0.5, 0.6) is 0 Å². The Morgan fingerprint density at radius 2 is 1.75 bits per heavy atom. The zero-order chi connectivity index (χ0) is 15.3. The minimum atomic E-state index is -1.09. The number of carboxylic acids is 1. The standard InChI is InChI=1S/C16H23NO3/c1-5-12(11-9-7-6-8-10-11)17-14(18)13(15(19)20)16(2,3)4/h6-10,12-13H,5H2,1-4H3,(H,17,18)(H,19,20). The average molecular weight is 277 g/mol. The van der Waals surface area contributed by atoms with E-state index in [1.165, 1.54) is 0 Å². The maximum Gasteiger partial charge on any atom is 0.316 e. The first kappa shape index (κ1) is 16.2. The molecule has 1 aromatic rings. The van der Waals surface area contributed by atoms with Crippen LogP contribution in [0.25, 0.3) is 0 Å². The second-order valence-corrected chi connectivity index (χ2v) is 6.02. The lowest BCUT2D eigenvalue weighted by molar-refractivity contribution is -0.151. The average Bonchev–Trinajstić information content (AvgIpc) is 2.34. The number of benzene rings is 1. The summed E-state index contributed by atoms with van der Waals surface area (Å²) in [7, 11) is 0. The monoisotopic (exact) mass is 277 g/mol. The third-order valence-corrected chi connectivity index (χ3v) is 3.30. The van der Waals surface area contributed by atoms with Crippen molar-refractivity contribution in [1.82, 2.24) is 5.32 Å². The highest BCUT2D eigenvalue weighted by Crippen LogP contribution is 2.27. The lowest BCUT2D eigenvalue weighted by Crippen LogP contribution is -2.43. The maximum atomic E-state index is 12.3. The van der Waals surface area contributed by atoms with Crippen LogP contribution >= 0.6 is 0 Å². The molecule has 1 aromatic carbocycles. The fraction of sp³-hybridized carbons (Fsp3) is 0.500. The molecule has 110 valence electrons. The second-order valence-electron chi connectivity index (χ2n) is 6.02. The Labute approximate surface area is 120 Å². The Morgan fingerprint density at radius 1 is 1.20 bits per heavy atom. The van der Waals surface area contributed by atoms with E-state index in [0.29, 0.717) is 6.42 Å². The molecule has 0 aliphatic heterocycles. The van der Waals surface area contributed by atoms with Gasteiger partial charge in [0, 0.05) is 0 Å². The summed E-state index contributed by atoms with van der Waals surface area (Å²) in [6, 6.07) is 9.43. The number of rotatable bonds is 5. The molecular weight excluding hydrogens is 254 g/mol. The van der Waals surface area contributed by atoms with Crippen molar-refractivity contribution in [3.05, 3.63) is 35.9 Å². The minimum Gasteiger partial charge on any atom is -0.481 e. The van der Waals surface area contributed by atoms with E-state index in [1.54, 1.807) is 20.8 Å². The van der Waals surface area contributed by atoms with Crippen LogP contribution in [0.15, 0.2) is 30.3 Å². The molecule has 0 radical (unpaired) electrons. The highest BCUT2D eigenvalue weighted by Gasteiger charge is 2.38. The molecule has 0 saturated carbocycles. The fourth-order valence-corrected chi connectivity index (χ4v) is 2.24.